The van der Waals surface area contributed by atoms with Gasteiger partial charge in [-0.3, -0.25) is 4.79 Å². The number of allylic oxidation sites excluding steroid dienone is 9. The van der Waals surface area contributed by atoms with Crippen LogP contribution >= 0.6 is 0 Å². The third kappa shape index (κ3) is 32.2. The molecule has 0 aromatic heterocycles. The van der Waals surface area contributed by atoms with Crippen molar-refractivity contribution >= 4 is 5.91 Å². The zero-order valence-electron chi connectivity index (χ0n) is 38.9. The summed E-state index contributed by atoms with van der Waals surface area (Å²) in [5.74, 6) is -0.192. The van der Waals surface area contributed by atoms with Gasteiger partial charge in [-0.05, 0) is 57.8 Å². The monoisotopic (exact) mass is 860 g/mol. The highest BCUT2D eigenvalue weighted by Gasteiger charge is 2.44. The summed E-state index contributed by atoms with van der Waals surface area (Å²) in [6, 6.07) is -0.815. The second kappa shape index (κ2) is 41.9. The molecule has 9 nitrogen and oxygen atoms in total. The second-order valence-corrected chi connectivity index (χ2v) is 17.2. The summed E-state index contributed by atoms with van der Waals surface area (Å²) in [4.78, 5) is 13.0. The van der Waals surface area contributed by atoms with Crippen molar-refractivity contribution in [1.82, 2.24) is 5.32 Å². The highest BCUT2D eigenvalue weighted by molar-refractivity contribution is 5.76. The number of ether oxygens (including phenoxy) is 2. The molecule has 9 heteroatoms. The Kier molecular flexibility index (Phi) is 39.1. The van der Waals surface area contributed by atoms with Gasteiger partial charge in [0.15, 0.2) is 6.29 Å². The van der Waals surface area contributed by atoms with Gasteiger partial charge in [0.05, 0.1) is 25.4 Å². The van der Waals surface area contributed by atoms with Crippen LogP contribution in [0.3, 0.4) is 0 Å². The number of unbranched alkanes of at least 4 members (excludes halogenated alkanes) is 23. The molecule has 61 heavy (non-hydrogen) atoms. The zero-order chi connectivity index (χ0) is 44.4. The summed E-state index contributed by atoms with van der Waals surface area (Å²) in [6.45, 7) is 3.66. The lowest BCUT2D eigenvalue weighted by molar-refractivity contribution is -0.302. The van der Waals surface area contributed by atoms with Gasteiger partial charge in [0.2, 0.25) is 5.91 Å². The molecule has 354 valence electrons. The van der Waals surface area contributed by atoms with Crippen molar-refractivity contribution in [3.05, 3.63) is 60.8 Å². The van der Waals surface area contributed by atoms with E-state index in [4.69, 9.17) is 9.47 Å². The summed E-state index contributed by atoms with van der Waals surface area (Å²) in [5, 5.41) is 54.3. The molecule has 1 aliphatic heterocycles. The molecule has 0 spiro atoms. The molecule has 1 heterocycles. The topological polar surface area (TPSA) is 149 Å². The number of carbonyl (C=O) groups excluding carboxylic acids is 1. The number of hydrogen-bond donors (Lipinski definition) is 6. The van der Waals surface area contributed by atoms with Crippen LogP contribution in [0.2, 0.25) is 0 Å². The molecule has 0 saturated carbocycles. The predicted molar refractivity (Wildman–Crippen MR) is 253 cm³/mol. The fourth-order valence-electron chi connectivity index (χ4n) is 7.62. The quantitative estimate of drug-likeness (QED) is 0.0263. The van der Waals surface area contributed by atoms with Crippen molar-refractivity contribution in [3.8, 4) is 0 Å². The summed E-state index contributed by atoms with van der Waals surface area (Å²) < 4.78 is 11.2. The van der Waals surface area contributed by atoms with Gasteiger partial charge in [0, 0.05) is 6.42 Å². The second-order valence-electron chi connectivity index (χ2n) is 17.2. The van der Waals surface area contributed by atoms with Crippen LogP contribution in [0.25, 0.3) is 0 Å². The number of aliphatic hydroxyl groups is 5. The van der Waals surface area contributed by atoms with Crippen molar-refractivity contribution in [2.75, 3.05) is 13.2 Å². The number of hydrogen-bond acceptors (Lipinski definition) is 8. The first-order chi connectivity index (χ1) is 29.8. The molecule has 1 rings (SSSR count). The molecule has 1 fully saturated rings. The standard InChI is InChI=1S/C52H93NO8/c1-3-5-7-9-11-13-15-17-19-21-23-25-27-29-31-33-35-37-39-41-46(55)45(44-60-52-51(59)50(58)49(57)47(43-54)61-52)53-48(56)42-40-38-36-34-32-30-28-26-24-22-20-18-16-14-12-10-8-6-4-2/h6,8,12,14,18,20,24,26,39,41,45-47,49-52,54-55,57-59H,3-5,7,9-11,13,15-17,19,21-23,25,27-38,40,42-44H2,1-2H3,(H,53,56)/b8-6-,14-12-,20-18-,26-24-,41-39+. The fraction of sp³-hybridized carbons (Fsp3) is 0.788. The number of nitrogens with one attached hydrogen (secondary N) is 1. The van der Waals surface area contributed by atoms with Gasteiger partial charge in [-0.1, -0.05) is 203 Å². The van der Waals surface area contributed by atoms with Crippen LogP contribution in [0.15, 0.2) is 60.8 Å². The molecule has 1 amide bonds. The van der Waals surface area contributed by atoms with Crippen LogP contribution < -0.4 is 5.32 Å². The zero-order valence-corrected chi connectivity index (χ0v) is 38.9. The van der Waals surface area contributed by atoms with E-state index in [0.29, 0.717) is 6.42 Å². The molecular weight excluding hydrogens is 767 g/mol. The first-order valence-electron chi connectivity index (χ1n) is 25.0. The van der Waals surface area contributed by atoms with E-state index in [2.05, 4.69) is 67.8 Å². The summed E-state index contributed by atoms with van der Waals surface area (Å²) >= 11 is 0. The lowest BCUT2D eigenvalue weighted by atomic mass is 9.99. The number of aliphatic hydroxyl groups excluding tert-OH is 5. The van der Waals surface area contributed by atoms with Gasteiger partial charge < -0.3 is 40.3 Å². The van der Waals surface area contributed by atoms with Crippen LogP contribution in [0.4, 0.5) is 0 Å². The van der Waals surface area contributed by atoms with Crippen molar-refractivity contribution in [1.29, 1.82) is 0 Å². The summed E-state index contributed by atoms with van der Waals surface area (Å²) in [5.41, 5.74) is 0. The van der Waals surface area contributed by atoms with Crippen molar-refractivity contribution in [2.45, 2.75) is 249 Å². The average Bonchev–Trinajstić information content (AvgIpc) is 3.26. The molecule has 1 aliphatic rings. The van der Waals surface area contributed by atoms with Gasteiger partial charge in [0.25, 0.3) is 0 Å². The Morgan fingerprint density at radius 2 is 1.02 bits per heavy atom. The highest BCUT2D eigenvalue weighted by atomic mass is 16.7. The summed E-state index contributed by atoms with van der Waals surface area (Å²) in [7, 11) is 0. The largest absolute Gasteiger partial charge is 0.394 e. The van der Waals surface area contributed by atoms with E-state index in [1.807, 2.05) is 6.08 Å². The van der Waals surface area contributed by atoms with Crippen LogP contribution in [0.1, 0.15) is 206 Å². The highest BCUT2D eigenvalue weighted by Crippen LogP contribution is 2.23. The lowest BCUT2D eigenvalue weighted by Crippen LogP contribution is -2.60. The van der Waals surface area contributed by atoms with Crippen LogP contribution in [-0.2, 0) is 14.3 Å². The predicted octanol–water partition coefficient (Wildman–Crippen LogP) is 11.2. The first kappa shape index (κ1) is 56.9. The van der Waals surface area contributed by atoms with E-state index in [1.165, 1.54) is 103 Å². The Morgan fingerprint density at radius 3 is 1.51 bits per heavy atom. The van der Waals surface area contributed by atoms with Crippen LogP contribution in [-0.4, -0.2) is 87.5 Å². The minimum Gasteiger partial charge on any atom is -0.394 e. The van der Waals surface area contributed by atoms with Crippen molar-refractivity contribution < 1.29 is 39.8 Å². The average molecular weight is 860 g/mol. The van der Waals surface area contributed by atoms with Gasteiger partial charge >= 0.3 is 0 Å². The number of carbonyl (C=O) groups is 1. The van der Waals surface area contributed by atoms with Crippen molar-refractivity contribution in [3.63, 3.8) is 0 Å². The number of amides is 1. The maximum absolute atomic E-state index is 13.0. The molecule has 6 N–H and O–H groups in total. The molecular formula is C52H93NO8. The van der Waals surface area contributed by atoms with Crippen LogP contribution in [0, 0.1) is 0 Å². The SMILES string of the molecule is CC/C=C\C/C=C\C/C=C\C/C=C\CCCCCCCCC(=O)NC(COC1OC(CO)C(O)C(O)C1O)C(O)/C=C/CCCCCCCCCCCCCCCCCCC. The lowest BCUT2D eigenvalue weighted by Gasteiger charge is -2.40. The summed E-state index contributed by atoms with van der Waals surface area (Å²) in [6.07, 6.45) is 48.3. The molecule has 0 aromatic rings. The molecule has 1 saturated heterocycles. The Morgan fingerprint density at radius 1 is 0.574 bits per heavy atom. The van der Waals surface area contributed by atoms with E-state index in [0.717, 1.165) is 83.5 Å². The molecule has 0 radical (unpaired) electrons. The fourth-order valence-corrected chi connectivity index (χ4v) is 7.62. The van der Waals surface area contributed by atoms with Gasteiger partial charge in [-0.2, -0.15) is 0 Å². The minimum absolute atomic E-state index is 0.192. The molecule has 0 aromatic carbocycles. The first-order valence-corrected chi connectivity index (χ1v) is 25.0. The van der Waals surface area contributed by atoms with E-state index in [9.17, 15) is 30.3 Å². The Bertz CT molecular complexity index is 1140. The normalized spacial score (nSPS) is 20.9. The number of rotatable bonds is 41. The third-order valence-electron chi connectivity index (χ3n) is 11.6. The minimum atomic E-state index is -1.57. The molecule has 0 bridgehead atoms. The van der Waals surface area contributed by atoms with Gasteiger partial charge in [-0.25, -0.2) is 0 Å². The Hall–Kier alpha value is -2.11. The maximum atomic E-state index is 13.0. The van der Waals surface area contributed by atoms with Crippen LogP contribution in [0.5, 0.6) is 0 Å². The van der Waals surface area contributed by atoms with Crippen molar-refractivity contribution in [2.24, 2.45) is 0 Å². The van der Waals surface area contributed by atoms with Gasteiger partial charge in [-0.15, -0.1) is 0 Å². The molecule has 7 unspecified atom stereocenters. The molecule has 0 aliphatic carbocycles. The van der Waals surface area contributed by atoms with Gasteiger partial charge in [0.1, 0.15) is 24.4 Å². The Labute approximate surface area is 373 Å². The smallest absolute Gasteiger partial charge is 0.220 e. The maximum Gasteiger partial charge on any atom is 0.220 e. The molecule has 7 atom stereocenters. The van der Waals surface area contributed by atoms with E-state index >= 15 is 0 Å². The van der Waals surface area contributed by atoms with E-state index < -0.39 is 49.5 Å². The third-order valence-corrected chi connectivity index (χ3v) is 11.6. The van der Waals surface area contributed by atoms with E-state index in [1.54, 1.807) is 6.08 Å². The Balaban J connectivity index is 2.33. The van der Waals surface area contributed by atoms with E-state index in [-0.39, 0.29) is 12.5 Å².